The van der Waals surface area contributed by atoms with Crippen LogP contribution in [0.4, 0.5) is 8.78 Å². The van der Waals surface area contributed by atoms with E-state index in [9.17, 15) is 8.78 Å². The zero-order valence-electron chi connectivity index (χ0n) is 18.6. The minimum Gasteiger partial charge on any atom is -0.495 e. The average Bonchev–Trinajstić information content (AvgIpc) is 3.39. The van der Waals surface area contributed by atoms with Gasteiger partial charge in [0, 0.05) is 27.6 Å². The number of fused-ring (bicyclic) bond motifs is 1. The molecule has 184 valence electrons. The van der Waals surface area contributed by atoms with Crippen LogP contribution in [0.5, 0.6) is 5.75 Å². The summed E-state index contributed by atoms with van der Waals surface area (Å²) in [5.41, 5.74) is 3.28. The third kappa shape index (κ3) is 5.06. The zero-order chi connectivity index (χ0) is 25.4. The Morgan fingerprint density at radius 1 is 0.944 bits per heavy atom. The zero-order valence-corrected chi connectivity index (χ0v) is 22.5. The maximum atomic E-state index is 14.0. The third-order valence-corrected chi connectivity index (χ3v) is 8.40. The highest BCUT2D eigenvalue weighted by atomic mass is 35.5. The van der Waals surface area contributed by atoms with Gasteiger partial charge in [0.05, 0.1) is 22.8 Å². The van der Waals surface area contributed by atoms with Gasteiger partial charge in [-0.25, -0.2) is 8.78 Å². The van der Waals surface area contributed by atoms with Gasteiger partial charge < -0.3 is 4.74 Å². The van der Waals surface area contributed by atoms with Gasteiger partial charge in [-0.1, -0.05) is 70.0 Å². The number of methoxy groups -OCH3 is 1. The average molecular weight is 583 g/mol. The fourth-order valence-electron chi connectivity index (χ4n) is 3.73. The predicted octanol–water partition coefficient (Wildman–Crippen LogP) is 8.59. The van der Waals surface area contributed by atoms with Crippen LogP contribution in [-0.4, -0.2) is 21.7 Å². The van der Waals surface area contributed by atoms with Crippen molar-refractivity contribution in [2.75, 3.05) is 7.11 Å². The Morgan fingerprint density at radius 3 is 2.50 bits per heavy atom. The van der Waals surface area contributed by atoms with Crippen molar-refractivity contribution in [3.8, 4) is 17.0 Å². The van der Waals surface area contributed by atoms with E-state index in [-0.39, 0.29) is 5.02 Å². The number of thioether (sulfide) groups is 1. The lowest BCUT2D eigenvalue weighted by Gasteiger charge is -2.10. The van der Waals surface area contributed by atoms with Crippen molar-refractivity contribution in [3.05, 3.63) is 97.3 Å². The van der Waals surface area contributed by atoms with Crippen LogP contribution >= 0.6 is 57.9 Å². The van der Waals surface area contributed by atoms with E-state index in [1.54, 1.807) is 25.3 Å². The van der Waals surface area contributed by atoms with Crippen LogP contribution in [-0.2, 0) is 12.2 Å². The van der Waals surface area contributed by atoms with Crippen LogP contribution in [0.3, 0.4) is 0 Å². The molecule has 36 heavy (non-hydrogen) atoms. The van der Waals surface area contributed by atoms with Crippen molar-refractivity contribution >= 4 is 62.9 Å². The highest BCUT2D eigenvalue weighted by molar-refractivity contribution is 7.98. The first kappa shape index (κ1) is 25.3. The highest BCUT2D eigenvalue weighted by Gasteiger charge is 2.21. The van der Waals surface area contributed by atoms with Gasteiger partial charge in [0.15, 0.2) is 5.16 Å². The van der Waals surface area contributed by atoms with E-state index < -0.39 is 11.6 Å². The van der Waals surface area contributed by atoms with E-state index in [0.29, 0.717) is 38.1 Å². The molecule has 0 unspecified atom stereocenters. The summed E-state index contributed by atoms with van der Waals surface area (Å²) in [4.78, 5) is 1.65. The molecule has 0 radical (unpaired) electrons. The number of ether oxygens (including phenoxy) is 1. The first-order chi connectivity index (χ1) is 17.3. The first-order valence-corrected chi connectivity index (χ1v) is 13.5. The van der Waals surface area contributed by atoms with E-state index in [0.717, 1.165) is 27.3 Å². The molecule has 2 heterocycles. The topological polar surface area (TPSA) is 39.4 Å². The fraction of sp³-hybridized carbons (Fsp3) is 0.120. The molecule has 0 saturated carbocycles. The van der Waals surface area contributed by atoms with E-state index in [4.69, 9.17) is 39.5 Å². The number of thiazole rings is 1. The Balaban J connectivity index is 1.58. The molecular formula is C25H16Cl3F2N3OS2. The number of halogens is 5. The van der Waals surface area contributed by atoms with Crippen LogP contribution in [0.2, 0.25) is 15.1 Å². The van der Waals surface area contributed by atoms with Crippen LogP contribution < -0.4 is 4.74 Å². The van der Waals surface area contributed by atoms with Gasteiger partial charge >= 0.3 is 0 Å². The van der Waals surface area contributed by atoms with E-state index in [2.05, 4.69) is 10.2 Å². The Labute approximate surface area is 228 Å². The number of hydrogen-bond acceptors (Lipinski definition) is 5. The van der Waals surface area contributed by atoms with Gasteiger partial charge in [0.1, 0.15) is 17.4 Å². The lowest BCUT2D eigenvalue weighted by molar-refractivity contribution is 0.415. The lowest BCUT2D eigenvalue weighted by atomic mass is 10.1. The van der Waals surface area contributed by atoms with Gasteiger partial charge in [-0.3, -0.25) is 4.40 Å². The minimum absolute atomic E-state index is 0.0191. The summed E-state index contributed by atoms with van der Waals surface area (Å²) in [6.45, 7) is 0. The second-order valence-corrected chi connectivity index (χ2v) is 11.0. The van der Waals surface area contributed by atoms with E-state index in [1.807, 2.05) is 22.6 Å². The van der Waals surface area contributed by atoms with Crippen molar-refractivity contribution in [2.45, 2.75) is 17.3 Å². The summed E-state index contributed by atoms with van der Waals surface area (Å²) in [6, 6.07) is 14.5. The summed E-state index contributed by atoms with van der Waals surface area (Å²) in [5.74, 6) is 0.159. The van der Waals surface area contributed by atoms with Crippen molar-refractivity contribution in [1.29, 1.82) is 0 Å². The number of benzene rings is 3. The summed E-state index contributed by atoms with van der Waals surface area (Å²) >= 11 is 21.6. The first-order valence-electron chi connectivity index (χ1n) is 10.6. The van der Waals surface area contributed by atoms with Crippen LogP contribution in [0.15, 0.2) is 59.8 Å². The smallest absolute Gasteiger partial charge is 0.217 e. The molecule has 5 rings (SSSR count). The van der Waals surface area contributed by atoms with Gasteiger partial charge in [0.2, 0.25) is 4.96 Å². The molecule has 0 N–H and O–H groups in total. The maximum Gasteiger partial charge on any atom is 0.217 e. The monoisotopic (exact) mass is 581 g/mol. The summed E-state index contributed by atoms with van der Waals surface area (Å²) in [7, 11) is 1.57. The van der Waals surface area contributed by atoms with Crippen molar-refractivity contribution in [3.63, 3.8) is 0 Å². The van der Waals surface area contributed by atoms with Crippen molar-refractivity contribution in [2.24, 2.45) is 0 Å². The molecular weight excluding hydrogens is 567 g/mol. The molecule has 4 nitrogen and oxygen atoms in total. The molecule has 0 aliphatic rings. The number of hydrogen-bond donors (Lipinski definition) is 0. The van der Waals surface area contributed by atoms with Crippen LogP contribution in [0.1, 0.15) is 16.0 Å². The largest absolute Gasteiger partial charge is 0.495 e. The molecule has 5 aromatic rings. The SMILES string of the molecule is COc1ccc(Cc2sc3nnc(SCc4ccc(F)cc4Cl)n3c2-c2ccc(F)c(Cl)c2)cc1Cl. The Bertz CT molecular complexity index is 1590. The van der Waals surface area contributed by atoms with Gasteiger partial charge in [0.25, 0.3) is 0 Å². The minimum atomic E-state index is -0.500. The quantitative estimate of drug-likeness (QED) is 0.180. The normalized spacial score (nSPS) is 11.4. The van der Waals surface area contributed by atoms with E-state index in [1.165, 1.54) is 41.3 Å². The Morgan fingerprint density at radius 2 is 1.78 bits per heavy atom. The number of nitrogens with zero attached hydrogens (tertiary/aromatic N) is 3. The van der Waals surface area contributed by atoms with Crippen molar-refractivity contribution < 1.29 is 13.5 Å². The molecule has 0 aliphatic heterocycles. The molecule has 11 heteroatoms. The van der Waals surface area contributed by atoms with Crippen LogP contribution in [0.25, 0.3) is 16.2 Å². The molecule has 3 aromatic carbocycles. The molecule has 0 bridgehead atoms. The number of aromatic nitrogens is 3. The second-order valence-electron chi connectivity index (χ2n) is 7.77. The van der Waals surface area contributed by atoms with Crippen LogP contribution in [0, 0.1) is 11.6 Å². The van der Waals surface area contributed by atoms with Gasteiger partial charge in [-0.05, 0) is 53.6 Å². The van der Waals surface area contributed by atoms with Gasteiger partial charge in [-0.2, -0.15) is 0 Å². The molecule has 0 fully saturated rings. The summed E-state index contributed by atoms with van der Waals surface area (Å²) in [6.07, 6.45) is 0.552. The van der Waals surface area contributed by atoms with Crippen molar-refractivity contribution in [1.82, 2.24) is 14.6 Å². The standard InChI is InChI=1S/C25H16Cl3F2N3OS2/c1-34-21-7-2-13(8-19(21)28)9-22-23(14-4-6-20(30)18(27)10-14)33-24(31-32-25(33)36-22)35-12-15-3-5-16(29)11-17(15)26/h2-8,10-11H,9,12H2,1H3. The Kier molecular flexibility index (Phi) is 7.42. The third-order valence-electron chi connectivity index (χ3n) is 5.45. The van der Waals surface area contributed by atoms with E-state index >= 15 is 0 Å². The molecule has 0 amide bonds. The molecule has 0 spiro atoms. The maximum absolute atomic E-state index is 14.0. The highest BCUT2D eigenvalue weighted by Crippen LogP contribution is 2.39. The molecule has 2 aromatic heterocycles. The summed E-state index contributed by atoms with van der Waals surface area (Å²) < 4.78 is 34.6. The molecule has 0 saturated heterocycles. The number of rotatable bonds is 7. The fourth-order valence-corrected chi connectivity index (χ4v) is 6.62. The molecule has 0 aliphatic carbocycles. The lowest BCUT2D eigenvalue weighted by Crippen LogP contribution is -1.96. The van der Waals surface area contributed by atoms with Gasteiger partial charge in [-0.15, -0.1) is 10.2 Å². The second kappa shape index (κ2) is 10.6. The molecule has 0 atom stereocenters. The predicted molar refractivity (Wildman–Crippen MR) is 143 cm³/mol. The summed E-state index contributed by atoms with van der Waals surface area (Å²) in [5, 5.41) is 10.2. The Hall–Kier alpha value is -2.36.